The summed E-state index contributed by atoms with van der Waals surface area (Å²) in [7, 11) is 0. The molecular weight excluding hydrogens is 314 g/mol. The molecule has 0 fully saturated rings. The monoisotopic (exact) mass is 335 g/mol. The van der Waals surface area contributed by atoms with Gasteiger partial charge in [-0.2, -0.15) is 0 Å². The Morgan fingerprint density at radius 2 is 2.04 bits per heavy atom. The maximum absolute atomic E-state index is 12.0. The van der Waals surface area contributed by atoms with Crippen LogP contribution in [0.25, 0.3) is 10.9 Å². The molecule has 0 aliphatic carbocycles. The number of nitrogens with zero attached hydrogens (tertiary/aromatic N) is 2. The van der Waals surface area contributed by atoms with E-state index in [4.69, 9.17) is 0 Å². The molecule has 0 bridgehead atoms. The van der Waals surface area contributed by atoms with Crippen molar-refractivity contribution in [3.8, 4) is 0 Å². The summed E-state index contributed by atoms with van der Waals surface area (Å²) >= 11 is 0. The van der Waals surface area contributed by atoms with Crippen molar-refractivity contribution in [1.82, 2.24) is 14.9 Å². The largest absolute Gasteiger partial charge is 0.352 e. The van der Waals surface area contributed by atoms with E-state index in [0.29, 0.717) is 25.8 Å². The highest BCUT2D eigenvalue weighted by Crippen LogP contribution is 2.19. The minimum absolute atomic E-state index is 0.0164. The van der Waals surface area contributed by atoms with E-state index >= 15 is 0 Å². The Hall–Kier alpha value is -2.95. The maximum Gasteiger partial charge on any atom is 0.230 e. The van der Waals surface area contributed by atoms with E-state index in [-0.39, 0.29) is 11.8 Å². The van der Waals surface area contributed by atoms with E-state index in [1.165, 1.54) is 0 Å². The van der Waals surface area contributed by atoms with Crippen molar-refractivity contribution < 1.29 is 9.59 Å². The molecule has 1 aromatic carbocycles. The molecule has 0 aliphatic heterocycles. The van der Waals surface area contributed by atoms with Crippen LogP contribution < -0.4 is 5.32 Å². The van der Waals surface area contributed by atoms with E-state index in [1.54, 1.807) is 23.2 Å². The lowest BCUT2D eigenvalue weighted by atomic mass is 10.1. The highest BCUT2D eigenvalue weighted by molar-refractivity contribution is 5.92. The molecule has 0 atom stereocenters. The van der Waals surface area contributed by atoms with Gasteiger partial charge in [0.05, 0.1) is 5.52 Å². The van der Waals surface area contributed by atoms with Gasteiger partial charge in [0.15, 0.2) is 0 Å². The lowest BCUT2D eigenvalue weighted by Gasteiger charge is -2.06. The number of hydrogen-bond donors (Lipinski definition) is 1. The van der Waals surface area contributed by atoms with Crippen LogP contribution in [0.15, 0.2) is 55.0 Å². The molecule has 0 saturated carbocycles. The minimum atomic E-state index is 0.0164. The number of aromatic nitrogens is 2. The zero-order valence-corrected chi connectivity index (χ0v) is 14.2. The van der Waals surface area contributed by atoms with Crippen LogP contribution in [-0.4, -0.2) is 21.4 Å². The van der Waals surface area contributed by atoms with Gasteiger partial charge in [0.1, 0.15) is 0 Å². The molecular formula is C20H21N3O2. The van der Waals surface area contributed by atoms with Crippen LogP contribution in [-0.2, 0) is 17.8 Å². The first-order valence-corrected chi connectivity index (χ1v) is 8.46. The molecule has 2 aromatic heterocycles. The number of nitrogens with one attached hydrogen (secondary N) is 1. The fourth-order valence-corrected chi connectivity index (χ4v) is 2.78. The third-order valence-electron chi connectivity index (χ3n) is 4.18. The number of fused-ring (bicyclic) bond motifs is 1. The van der Waals surface area contributed by atoms with Gasteiger partial charge in [0.2, 0.25) is 11.8 Å². The Labute approximate surface area is 146 Å². The van der Waals surface area contributed by atoms with Crippen molar-refractivity contribution in [3.63, 3.8) is 0 Å². The molecule has 25 heavy (non-hydrogen) atoms. The van der Waals surface area contributed by atoms with Gasteiger partial charge < -0.3 is 5.32 Å². The fourth-order valence-electron chi connectivity index (χ4n) is 2.78. The molecule has 0 radical (unpaired) electrons. The van der Waals surface area contributed by atoms with Gasteiger partial charge in [-0.05, 0) is 41.8 Å². The van der Waals surface area contributed by atoms with Crippen LogP contribution in [0.2, 0.25) is 0 Å². The average Bonchev–Trinajstić information content (AvgIpc) is 3.08. The summed E-state index contributed by atoms with van der Waals surface area (Å²) in [5.41, 5.74) is 2.99. The van der Waals surface area contributed by atoms with Gasteiger partial charge in [0, 0.05) is 43.4 Å². The quantitative estimate of drug-likeness (QED) is 0.751. The molecule has 1 amide bonds. The van der Waals surface area contributed by atoms with Crippen LogP contribution in [0.5, 0.6) is 0 Å². The van der Waals surface area contributed by atoms with Gasteiger partial charge in [-0.15, -0.1) is 0 Å². The van der Waals surface area contributed by atoms with E-state index in [1.807, 2.05) is 43.3 Å². The van der Waals surface area contributed by atoms with E-state index in [2.05, 4.69) is 10.3 Å². The molecule has 2 heterocycles. The molecule has 0 unspecified atom stereocenters. The van der Waals surface area contributed by atoms with Crippen LogP contribution in [0.4, 0.5) is 0 Å². The van der Waals surface area contributed by atoms with Gasteiger partial charge in [0.25, 0.3) is 0 Å². The normalized spacial score (nSPS) is 10.8. The first kappa shape index (κ1) is 16.9. The maximum atomic E-state index is 12.0. The van der Waals surface area contributed by atoms with Crippen molar-refractivity contribution in [2.45, 2.75) is 32.7 Å². The third-order valence-corrected chi connectivity index (χ3v) is 4.18. The number of pyridine rings is 1. The first-order valence-electron chi connectivity index (χ1n) is 8.46. The Morgan fingerprint density at radius 3 is 2.80 bits per heavy atom. The molecule has 3 rings (SSSR count). The van der Waals surface area contributed by atoms with Crippen molar-refractivity contribution in [3.05, 3.63) is 66.1 Å². The van der Waals surface area contributed by atoms with Crippen LogP contribution in [0.3, 0.4) is 0 Å². The summed E-state index contributed by atoms with van der Waals surface area (Å²) < 4.78 is 1.68. The van der Waals surface area contributed by atoms with Crippen LogP contribution in [0.1, 0.15) is 35.7 Å². The second kappa shape index (κ2) is 7.75. The molecule has 5 nitrogen and oxygen atoms in total. The summed E-state index contributed by atoms with van der Waals surface area (Å²) in [5, 5.41) is 3.93. The Bertz CT molecular complexity index is 884. The third kappa shape index (κ3) is 4.12. The van der Waals surface area contributed by atoms with Crippen molar-refractivity contribution in [2.75, 3.05) is 0 Å². The van der Waals surface area contributed by atoms with Gasteiger partial charge in [-0.1, -0.05) is 19.1 Å². The summed E-state index contributed by atoms with van der Waals surface area (Å²) in [4.78, 5) is 27.9. The number of carbonyl (C=O) groups excluding carboxylic acids is 2. The minimum Gasteiger partial charge on any atom is -0.352 e. The highest BCUT2D eigenvalue weighted by atomic mass is 16.2. The molecule has 0 aliphatic rings. The predicted molar refractivity (Wildman–Crippen MR) is 97.3 cm³/mol. The molecule has 3 aromatic rings. The fraction of sp³-hybridized carbons (Fsp3) is 0.250. The number of amides is 1. The Morgan fingerprint density at radius 1 is 1.16 bits per heavy atom. The predicted octanol–water partition coefficient (Wildman–Crippen LogP) is 3.34. The number of benzene rings is 1. The summed E-state index contributed by atoms with van der Waals surface area (Å²) in [6.45, 7) is 2.35. The van der Waals surface area contributed by atoms with Crippen molar-refractivity contribution >= 4 is 22.7 Å². The topological polar surface area (TPSA) is 64.0 Å². The molecule has 1 N–H and O–H groups in total. The Kier molecular flexibility index (Phi) is 5.23. The standard InChI is InChI=1S/C20H21N3O2/c1-2-20(25)23-11-9-17-12-15(5-7-18(17)23)6-8-19(24)22-14-16-4-3-10-21-13-16/h3-5,7,9-13H,2,6,8,14H2,1H3,(H,22,24). The average molecular weight is 335 g/mol. The van der Waals surface area contributed by atoms with Crippen LogP contribution >= 0.6 is 0 Å². The van der Waals surface area contributed by atoms with Gasteiger partial charge in [-0.25, -0.2) is 0 Å². The van der Waals surface area contributed by atoms with Crippen molar-refractivity contribution in [2.24, 2.45) is 0 Å². The first-order chi connectivity index (χ1) is 12.2. The lowest BCUT2D eigenvalue weighted by Crippen LogP contribution is -2.23. The summed E-state index contributed by atoms with van der Waals surface area (Å²) in [5.74, 6) is 0.0974. The summed E-state index contributed by atoms with van der Waals surface area (Å²) in [6, 6.07) is 11.7. The highest BCUT2D eigenvalue weighted by Gasteiger charge is 2.08. The SMILES string of the molecule is CCC(=O)n1ccc2cc(CCC(=O)NCc3cccnc3)ccc21. The second-order valence-corrected chi connectivity index (χ2v) is 5.96. The van der Waals surface area contributed by atoms with E-state index in [0.717, 1.165) is 22.0 Å². The zero-order valence-electron chi connectivity index (χ0n) is 14.2. The number of carbonyl (C=O) groups is 2. The lowest BCUT2D eigenvalue weighted by molar-refractivity contribution is -0.121. The van der Waals surface area contributed by atoms with E-state index < -0.39 is 0 Å². The second-order valence-electron chi connectivity index (χ2n) is 5.96. The zero-order chi connectivity index (χ0) is 17.6. The molecule has 0 spiro atoms. The molecule has 128 valence electrons. The Balaban J connectivity index is 1.58. The molecule has 5 heteroatoms. The number of hydrogen-bond acceptors (Lipinski definition) is 3. The number of rotatable bonds is 6. The molecule has 0 saturated heterocycles. The summed E-state index contributed by atoms with van der Waals surface area (Å²) in [6.07, 6.45) is 6.84. The smallest absolute Gasteiger partial charge is 0.230 e. The number of aryl methyl sites for hydroxylation is 1. The van der Waals surface area contributed by atoms with Crippen LogP contribution in [0, 0.1) is 0 Å². The van der Waals surface area contributed by atoms with Crippen molar-refractivity contribution in [1.29, 1.82) is 0 Å². The van der Waals surface area contributed by atoms with E-state index in [9.17, 15) is 9.59 Å². The van der Waals surface area contributed by atoms with Gasteiger partial charge in [-0.3, -0.25) is 19.1 Å². The van der Waals surface area contributed by atoms with Gasteiger partial charge >= 0.3 is 0 Å².